The maximum atomic E-state index is 15.1. The van der Waals surface area contributed by atoms with E-state index in [2.05, 4.69) is 15.2 Å². The Labute approximate surface area is 201 Å². The van der Waals surface area contributed by atoms with Gasteiger partial charge in [-0.05, 0) is 56.6 Å². The summed E-state index contributed by atoms with van der Waals surface area (Å²) in [6.07, 6.45) is 5.35. The van der Waals surface area contributed by atoms with E-state index in [4.69, 9.17) is 4.42 Å². The Kier molecular flexibility index (Phi) is 5.54. The van der Waals surface area contributed by atoms with E-state index in [9.17, 15) is 9.59 Å². The summed E-state index contributed by atoms with van der Waals surface area (Å²) in [6.45, 7) is 3.89. The minimum atomic E-state index is -0.617. The number of para-hydroxylation sites is 1. The van der Waals surface area contributed by atoms with Crippen LogP contribution in [0.15, 0.2) is 53.3 Å². The Morgan fingerprint density at radius 3 is 2.59 bits per heavy atom. The summed E-state index contributed by atoms with van der Waals surface area (Å²) in [5.74, 6) is -1.75. The molecule has 4 aromatic rings. The van der Waals surface area contributed by atoms with Crippen molar-refractivity contribution in [3.05, 3.63) is 71.4 Å². The minimum Gasteiger partial charge on any atom is -0.464 e. The minimum absolute atomic E-state index is 0. The summed E-state index contributed by atoms with van der Waals surface area (Å²) in [6, 6.07) is 10.8. The second kappa shape index (κ2) is 8.42. The number of imide groups is 1. The predicted molar refractivity (Wildman–Crippen MR) is 131 cm³/mol. The Bertz CT molecular complexity index is 1490. The van der Waals surface area contributed by atoms with Gasteiger partial charge in [0.2, 0.25) is 0 Å². The molecule has 2 N–H and O–H groups in total. The smallest absolute Gasteiger partial charge is 0.259 e. The number of carbonyl (C=O) groups excluding carboxylic acids is 2. The van der Waals surface area contributed by atoms with Gasteiger partial charge < -0.3 is 14.3 Å². The van der Waals surface area contributed by atoms with E-state index < -0.39 is 17.6 Å². The van der Waals surface area contributed by atoms with Crippen LogP contribution >= 0.6 is 12.4 Å². The van der Waals surface area contributed by atoms with Crippen molar-refractivity contribution < 1.29 is 18.4 Å². The first kappa shape index (κ1) is 22.4. The van der Waals surface area contributed by atoms with E-state index in [0.717, 1.165) is 42.4 Å². The molecule has 0 aliphatic carbocycles. The van der Waals surface area contributed by atoms with Crippen LogP contribution in [0.2, 0.25) is 0 Å². The number of benzene rings is 2. The highest BCUT2D eigenvalue weighted by Gasteiger charge is 2.37. The molecule has 1 saturated heterocycles. The molecule has 0 saturated carbocycles. The van der Waals surface area contributed by atoms with Crippen LogP contribution in [0, 0.1) is 12.7 Å². The summed E-state index contributed by atoms with van der Waals surface area (Å²) in [5.41, 5.74) is 3.24. The van der Waals surface area contributed by atoms with Gasteiger partial charge in [-0.3, -0.25) is 14.9 Å². The van der Waals surface area contributed by atoms with Crippen LogP contribution in [0.1, 0.15) is 35.6 Å². The molecule has 0 radical (unpaired) electrons. The van der Waals surface area contributed by atoms with E-state index in [-0.39, 0.29) is 40.7 Å². The molecule has 174 valence electrons. The van der Waals surface area contributed by atoms with Crippen LogP contribution in [-0.2, 0) is 9.59 Å². The molecule has 0 bridgehead atoms. The van der Waals surface area contributed by atoms with E-state index in [1.807, 2.05) is 31.3 Å². The van der Waals surface area contributed by atoms with Gasteiger partial charge in [0.15, 0.2) is 0 Å². The van der Waals surface area contributed by atoms with E-state index in [0.29, 0.717) is 10.9 Å². The number of aryl methyl sites for hydroxylation is 1. The number of nitrogens with zero attached hydrogens (tertiary/aromatic N) is 1. The molecule has 6 rings (SSSR count). The molecule has 2 aromatic carbocycles. The Balaban J connectivity index is 0.00000241. The highest BCUT2D eigenvalue weighted by molar-refractivity contribution is 6.50. The molecular weight excluding hydrogens is 457 g/mol. The zero-order chi connectivity index (χ0) is 22.7. The summed E-state index contributed by atoms with van der Waals surface area (Å²) in [7, 11) is 0. The van der Waals surface area contributed by atoms with Gasteiger partial charge in [-0.1, -0.05) is 18.2 Å². The van der Waals surface area contributed by atoms with Crippen molar-refractivity contribution in [3.63, 3.8) is 0 Å². The predicted octanol–water partition coefficient (Wildman–Crippen LogP) is 4.75. The van der Waals surface area contributed by atoms with E-state index >= 15 is 4.39 Å². The number of nitrogens with one attached hydrogen (secondary N) is 2. The highest BCUT2D eigenvalue weighted by Crippen LogP contribution is 2.41. The molecule has 0 spiro atoms. The molecule has 6 nitrogen and oxygen atoms in total. The molecule has 1 fully saturated rings. The van der Waals surface area contributed by atoms with Crippen molar-refractivity contribution in [1.82, 2.24) is 15.2 Å². The van der Waals surface area contributed by atoms with Crippen molar-refractivity contribution >= 4 is 57.2 Å². The molecule has 0 atom stereocenters. The number of furan rings is 1. The second-order valence-electron chi connectivity index (χ2n) is 8.70. The quantitative estimate of drug-likeness (QED) is 0.416. The molecule has 2 aliphatic heterocycles. The van der Waals surface area contributed by atoms with Crippen molar-refractivity contribution in [2.75, 3.05) is 13.1 Å². The van der Waals surface area contributed by atoms with E-state index in [1.54, 1.807) is 12.1 Å². The van der Waals surface area contributed by atoms with Gasteiger partial charge in [0.25, 0.3) is 11.8 Å². The number of hydrogen-bond acceptors (Lipinski definition) is 4. The number of fused-ring (bicyclic) bond motifs is 2. The monoisotopic (exact) mass is 479 g/mol. The fourth-order valence-corrected chi connectivity index (χ4v) is 5.26. The number of rotatable bonds is 3. The van der Waals surface area contributed by atoms with E-state index in [1.165, 1.54) is 12.3 Å². The van der Waals surface area contributed by atoms with Crippen LogP contribution in [0.4, 0.5) is 4.39 Å². The molecule has 0 unspecified atom stereocenters. The zero-order valence-electron chi connectivity index (χ0n) is 18.5. The number of halogens is 2. The van der Waals surface area contributed by atoms with Crippen LogP contribution in [0.3, 0.4) is 0 Å². The van der Waals surface area contributed by atoms with Gasteiger partial charge in [0, 0.05) is 28.6 Å². The lowest BCUT2D eigenvalue weighted by atomic mass is 9.94. The van der Waals surface area contributed by atoms with Crippen LogP contribution in [0.25, 0.3) is 33.0 Å². The Hall–Kier alpha value is -3.42. The van der Waals surface area contributed by atoms with Crippen molar-refractivity contribution in [2.45, 2.75) is 25.8 Å². The third kappa shape index (κ3) is 3.27. The van der Waals surface area contributed by atoms with Crippen molar-refractivity contribution in [1.29, 1.82) is 0 Å². The summed E-state index contributed by atoms with van der Waals surface area (Å²) in [4.78, 5) is 26.1. The Morgan fingerprint density at radius 2 is 1.79 bits per heavy atom. The normalized spacial score (nSPS) is 17.0. The maximum Gasteiger partial charge on any atom is 0.259 e. The third-order valence-corrected chi connectivity index (χ3v) is 6.78. The topological polar surface area (TPSA) is 76.3 Å². The molecule has 2 aliphatic rings. The van der Waals surface area contributed by atoms with Gasteiger partial charge >= 0.3 is 0 Å². The van der Waals surface area contributed by atoms with Gasteiger partial charge in [-0.15, -0.1) is 12.4 Å². The molecule has 8 heteroatoms. The van der Waals surface area contributed by atoms with Crippen molar-refractivity contribution in [3.8, 4) is 0 Å². The number of amides is 2. The second-order valence-corrected chi connectivity index (χ2v) is 8.70. The fourth-order valence-electron chi connectivity index (χ4n) is 5.26. The average Bonchev–Trinajstić information content (AvgIpc) is 3.50. The first-order valence-corrected chi connectivity index (χ1v) is 11.1. The molecule has 2 amide bonds. The van der Waals surface area contributed by atoms with Gasteiger partial charge in [-0.2, -0.15) is 0 Å². The largest absolute Gasteiger partial charge is 0.464 e. The molecule has 34 heavy (non-hydrogen) atoms. The summed E-state index contributed by atoms with van der Waals surface area (Å²) >= 11 is 0. The van der Waals surface area contributed by atoms with Crippen LogP contribution in [-0.4, -0.2) is 29.5 Å². The lowest BCUT2D eigenvalue weighted by Crippen LogP contribution is -2.29. The molecule has 2 aromatic heterocycles. The first-order chi connectivity index (χ1) is 16.0. The Morgan fingerprint density at radius 1 is 1.03 bits per heavy atom. The summed E-state index contributed by atoms with van der Waals surface area (Å²) in [5, 5.41) is 7.31. The highest BCUT2D eigenvalue weighted by atomic mass is 35.5. The maximum absolute atomic E-state index is 15.1. The number of aromatic nitrogens is 1. The molecular formula is C26H23ClFN3O3. The molecule has 4 heterocycles. The van der Waals surface area contributed by atoms with Gasteiger partial charge in [0.1, 0.15) is 11.4 Å². The summed E-state index contributed by atoms with van der Waals surface area (Å²) < 4.78 is 22.9. The van der Waals surface area contributed by atoms with Crippen molar-refractivity contribution in [2.24, 2.45) is 0 Å². The van der Waals surface area contributed by atoms with Crippen LogP contribution < -0.4 is 10.6 Å². The first-order valence-electron chi connectivity index (χ1n) is 11.1. The number of carbonyl (C=O) groups is 2. The lowest BCUT2D eigenvalue weighted by Gasteiger charge is -2.25. The number of hydrogen-bond donors (Lipinski definition) is 2. The standard InChI is InChI=1S/C26H22FN3O3.ClH/c1-14-3-2-4-17-18(13-30(23(14)17)16-7-10-28-11-8-16)20-22(26(32)29-25(20)31)21-19(27)6-5-15-9-12-33-24(15)21;/h2-6,9,12-13,16,28H,7-8,10-11H2,1H3,(H,29,31,32);1H. The zero-order valence-corrected chi connectivity index (χ0v) is 19.3. The fraction of sp³-hybridized carbons (Fsp3) is 0.231. The third-order valence-electron chi connectivity index (χ3n) is 6.78. The number of piperidine rings is 1. The SMILES string of the molecule is Cc1cccc2c(C3=C(c4c(F)ccc5ccoc45)C(=O)NC3=O)cn(C3CCNCC3)c12.Cl. The van der Waals surface area contributed by atoms with Gasteiger partial charge in [-0.25, -0.2) is 4.39 Å². The van der Waals surface area contributed by atoms with Crippen LogP contribution in [0.5, 0.6) is 0 Å². The van der Waals surface area contributed by atoms with Gasteiger partial charge in [0.05, 0.1) is 28.5 Å². The lowest BCUT2D eigenvalue weighted by molar-refractivity contribution is -0.122. The average molecular weight is 480 g/mol.